The van der Waals surface area contributed by atoms with Crippen molar-refractivity contribution in [2.24, 2.45) is 5.73 Å². The molecule has 2 aliphatic rings. The number of amides is 7. The highest BCUT2D eigenvalue weighted by Gasteiger charge is 2.35. The SMILES string of the molecule is NCC(=O)NCC(=O)N1CCCC1C(=O)NCC(=O)NCC(=O)NCC(=O)N1CCCC1C(=O)NCC(=O)O. The van der Waals surface area contributed by atoms with Gasteiger partial charge in [-0.2, -0.15) is 0 Å². The number of aliphatic carboxylic acids is 1. The number of hydrogen-bond acceptors (Lipinski definition) is 9. The summed E-state index contributed by atoms with van der Waals surface area (Å²) in [6, 6.07) is -1.62. The fourth-order valence-corrected chi connectivity index (χ4v) is 4.17. The standard InChI is InChI=1S/C22H34N8O9/c23-7-15(31)25-10-18(34)29-5-1-3-13(29)21(38)27-9-17(33)24-8-16(32)26-11-19(35)30-6-2-4-14(30)22(39)28-12-20(36)37/h13-14H,1-12,23H2,(H,24,33)(H,25,31)(H,26,32)(H,27,38)(H,28,39)(H,36,37). The zero-order chi connectivity index (χ0) is 28.9. The van der Waals surface area contributed by atoms with Crippen LogP contribution in [0.5, 0.6) is 0 Å². The minimum absolute atomic E-state index is 0.269. The minimum Gasteiger partial charge on any atom is -0.480 e. The lowest BCUT2D eigenvalue weighted by Crippen LogP contribution is -2.51. The Hall–Kier alpha value is -4.28. The smallest absolute Gasteiger partial charge is 0.322 e. The lowest BCUT2D eigenvalue weighted by Gasteiger charge is -2.24. The van der Waals surface area contributed by atoms with E-state index in [1.54, 1.807) is 0 Å². The predicted molar refractivity (Wildman–Crippen MR) is 131 cm³/mol. The van der Waals surface area contributed by atoms with E-state index in [1.807, 2.05) is 0 Å². The molecular formula is C22H34N8O9. The molecule has 2 atom stereocenters. The molecule has 2 fully saturated rings. The number of likely N-dealkylation sites (tertiary alicyclic amines) is 2. The van der Waals surface area contributed by atoms with Crippen molar-refractivity contribution in [2.75, 3.05) is 52.4 Å². The Morgan fingerprint density at radius 3 is 1.49 bits per heavy atom. The molecular weight excluding hydrogens is 520 g/mol. The Balaban J connectivity index is 1.69. The van der Waals surface area contributed by atoms with E-state index in [-0.39, 0.29) is 19.6 Å². The normalized spacial score (nSPS) is 18.2. The number of carboxylic acid groups (broad SMARTS) is 1. The third-order valence-electron chi connectivity index (χ3n) is 6.09. The zero-order valence-electron chi connectivity index (χ0n) is 21.3. The average Bonchev–Trinajstić information content (AvgIpc) is 3.61. The predicted octanol–water partition coefficient (Wildman–Crippen LogP) is -5.41. The first-order valence-corrected chi connectivity index (χ1v) is 12.4. The van der Waals surface area contributed by atoms with Crippen LogP contribution in [0.4, 0.5) is 0 Å². The number of rotatable bonds is 13. The van der Waals surface area contributed by atoms with Crippen molar-refractivity contribution < 1.29 is 43.5 Å². The van der Waals surface area contributed by atoms with Crippen LogP contribution in [-0.4, -0.2) is 127 Å². The van der Waals surface area contributed by atoms with Gasteiger partial charge in [-0.25, -0.2) is 0 Å². The van der Waals surface area contributed by atoms with Crippen molar-refractivity contribution in [1.29, 1.82) is 0 Å². The second kappa shape index (κ2) is 15.2. The van der Waals surface area contributed by atoms with E-state index in [0.29, 0.717) is 32.2 Å². The van der Waals surface area contributed by atoms with Gasteiger partial charge in [0.15, 0.2) is 0 Å². The van der Waals surface area contributed by atoms with E-state index in [4.69, 9.17) is 10.8 Å². The van der Waals surface area contributed by atoms with Crippen LogP contribution in [0.15, 0.2) is 0 Å². The van der Waals surface area contributed by atoms with Gasteiger partial charge in [-0.3, -0.25) is 38.4 Å². The summed E-state index contributed by atoms with van der Waals surface area (Å²) in [5.41, 5.74) is 5.18. The molecule has 0 aromatic carbocycles. The van der Waals surface area contributed by atoms with Crippen molar-refractivity contribution in [2.45, 2.75) is 37.8 Å². The quantitative estimate of drug-likeness (QED) is 0.114. The van der Waals surface area contributed by atoms with Crippen molar-refractivity contribution in [3.8, 4) is 0 Å². The van der Waals surface area contributed by atoms with Crippen LogP contribution in [0.3, 0.4) is 0 Å². The molecule has 17 nitrogen and oxygen atoms in total. The number of nitrogens with two attached hydrogens (primary N) is 1. The van der Waals surface area contributed by atoms with E-state index in [0.717, 1.165) is 0 Å². The molecule has 0 radical (unpaired) electrons. The minimum atomic E-state index is -1.21. The van der Waals surface area contributed by atoms with Crippen molar-refractivity contribution in [1.82, 2.24) is 36.4 Å². The summed E-state index contributed by atoms with van der Waals surface area (Å²) in [5, 5.41) is 20.3. The molecule has 2 saturated heterocycles. The lowest BCUT2D eigenvalue weighted by molar-refractivity contribution is -0.141. The first kappa shape index (κ1) is 30.9. The molecule has 216 valence electrons. The van der Waals surface area contributed by atoms with E-state index in [2.05, 4.69) is 26.6 Å². The number of nitrogens with one attached hydrogen (secondary N) is 5. The maximum absolute atomic E-state index is 12.5. The Kier molecular flexibility index (Phi) is 12.1. The molecule has 0 bridgehead atoms. The topological polar surface area (TPSA) is 249 Å². The molecule has 2 heterocycles. The molecule has 39 heavy (non-hydrogen) atoms. The van der Waals surface area contributed by atoms with E-state index < -0.39 is 85.6 Å². The van der Waals surface area contributed by atoms with Gasteiger partial charge in [-0.1, -0.05) is 0 Å². The largest absolute Gasteiger partial charge is 0.480 e. The molecule has 2 aliphatic heterocycles. The maximum atomic E-state index is 12.5. The Morgan fingerprint density at radius 2 is 1.03 bits per heavy atom. The molecule has 17 heteroatoms. The highest BCUT2D eigenvalue weighted by molar-refractivity contribution is 5.94. The third-order valence-corrected chi connectivity index (χ3v) is 6.09. The molecule has 8 N–H and O–H groups in total. The van der Waals surface area contributed by atoms with Crippen LogP contribution in [-0.2, 0) is 38.4 Å². The van der Waals surface area contributed by atoms with Gasteiger partial charge in [0.05, 0.1) is 32.7 Å². The Labute approximate surface area is 223 Å². The van der Waals surface area contributed by atoms with Gasteiger partial charge in [0, 0.05) is 13.1 Å². The van der Waals surface area contributed by atoms with E-state index >= 15 is 0 Å². The van der Waals surface area contributed by atoms with Crippen LogP contribution in [0.25, 0.3) is 0 Å². The van der Waals surface area contributed by atoms with Crippen molar-refractivity contribution in [3.63, 3.8) is 0 Å². The summed E-state index contributed by atoms with van der Waals surface area (Å²) < 4.78 is 0. The van der Waals surface area contributed by atoms with Crippen LogP contribution in [0.1, 0.15) is 25.7 Å². The summed E-state index contributed by atoms with van der Waals surface area (Å²) in [7, 11) is 0. The zero-order valence-corrected chi connectivity index (χ0v) is 21.3. The molecule has 0 aromatic heterocycles. The Morgan fingerprint density at radius 1 is 0.615 bits per heavy atom. The number of carbonyl (C=O) groups is 8. The summed E-state index contributed by atoms with van der Waals surface area (Å²) in [6.45, 7) is -1.88. The molecule has 0 spiro atoms. The third kappa shape index (κ3) is 9.84. The first-order valence-electron chi connectivity index (χ1n) is 12.4. The van der Waals surface area contributed by atoms with Crippen LogP contribution in [0, 0.1) is 0 Å². The van der Waals surface area contributed by atoms with Crippen molar-refractivity contribution in [3.05, 3.63) is 0 Å². The highest BCUT2D eigenvalue weighted by atomic mass is 16.4. The van der Waals surface area contributed by atoms with Crippen molar-refractivity contribution >= 4 is 47.3 Å². The summed E-state index contributed by atoms with van der Waals surface area (Å²) in [5.74, 6) is -5.20. The van der Waals surface area contributed by atoms with Crippen LogP contribution >= 0.6 is 0 Å². The van der Waals surface area contributed by atoms with Gasteiger partial charge < -0.3 is 47.2 Å². The fraction of sp³-hybridized carbons (Fsp3) is 0.636. The number of hydrogen-bond donors (Lipinski definition) is 7. The monoisotopic (exact) mass is 554 g/mol. The number of nitrogens with zero attached hydrogens (tertiary/aromatic N) is 2. The summed E-state index contributed by atoms with van der Waals surface area (Å²) in [6.07, 6.45) is 1.87. The summed E-state index contributed by atoms with van der Waals surface area (Å²) >= 11 is 0. The summed E-state index contributed by atoms with van der Waals surface area (Å²) in [4.78, 5) is 97.9. The van der Waals surface area contributed by atoms with Gasteiger partial charge in [-0.05, 0) is 25.7 Å². The average molecular weight is 555 g/mol. The van der Waals surface area contributed by atoms with E-state index in [1.165, 1.54) is 9.80 Å². The number of carboxylic acids is 1. The van der Waals surface area contributed by atoms with Gasteiger partial charge in [-0.15, -0.1) is 0 Å². The highest BCUT2D eigenvalue weighted by Crippen LogP contribution is 2.18. The molecule has 0 saturated carbocycles. The second-order valence-electron chi connectivity index (χ2n) is 8.85. The Bertz CT molecular complexity index is 989. The molecule has 0 aromatic rings. The van der Waals surface area contributed by atoms with Crippen LogP contribution < -0.4 is 32.3 Å². The van der Waals surface area contributed by atoms with Gasteiger partial charge in [0.2, 0.25) is 41.4 Å². The second-order valence-corrected chi connectivity index (χ2v) is 8.85. The first-order chi connectivity index (χ1) is 18.5. The van der Waals surface area contributed by atoms with Gasteiger partial charge in [0.1, 0.15) is 18.6 Å². The molecule has 7 amide bonds. The lowest BCUT2D eigenvalue weighted by atomic mass is 10.2. The van der Waals surface area contributed by atoms with Gasteiger partial charge in [0.25, 0.3) is 0 Å². The molecule has 2 unspecified atom stereocenters. The van der Waals surface area contributed by atoms with Gasteiger partial charge >= 0.3 is 5.97 Å². The van der Waals surface area contributed by atoms with E-state index in [9.17, 15) is 38.4 Å². The molecule has 2 rings (SSSR count). The van der Waals surface area contributed by atoms with Crippen LogP contribution in [0.2, 0.25) is 0 Å². The fourth-order valence-electron chi connectivity index (χ4n) is 4.17. The molecule has 0 aliphatic carbocycles. The maximum Gasteiger partial charge on any atom is 0.322 e. The number of carbonyl (C=O) groups excluding carboxylic acids is 7.